The summed E-state index contributed by atoms with van der Waals surface area (Å²) in [5, 5.41) is 4.88. The molecule has 1 heterocycles. The molecule has 2 aromatic rings. The Hall–Kier alpha value is -1.72. The monoisotopic (exact) mass is 268 g/mol. The third-order valence-corrected chi connectivity index (χ3v) is 3.43. The summed E-state index contributed by atoms with van der Waals surface area (Å²) in [5.74, 6) is 6.77. The van der Waals surface area contributed by atoms with Crippen molar-refractivity contribution in [3.05, 3.63) is 36.0 Å². The van der Waals surface area contributed by atoms with Gasteiger partial charge in [0.05, 0.1) is 0 Å². The highest BCUT2D eigenvalue weighted by Crippen LogP contribution is 2.20. The Labute approximate surface area is 122 Å². The molecule has 0 unspecified atom stereocenters. The smallest absolute Gasteiger partial charge is 0.0483 e. The Kier molecular flexibility index (Phi) is 5.26. The van der Waals surface area contributed by atoms with Crippen LogP contribution in [0.5, 0.6) is 0 Å². The largest absolute Gasteiger partial charge is 0.347 e. The maximum absolute atomic E-state index is 3.52. The lowest BCUT2D eigenvalue weighted by Crippen LogP contribution is -2.19. The zero-order valence-corrected chi connectivity index (χ0v) is 12.7. The van der Waals surface area contributed by atoms with Crippen molar-refractivity contribution < 1.29 is 0 Å². The lowest BCUT2D eigenvalue weighted by atomic mass is 10.1. The normalized spacial score (nSPS) is 10.8. The fourth-order valence-corrected chi connectivity index (χ4v) is 2.43. The highest BCUT2D eigenvalue weighted by molar-refractivity contribution is 5.83. The topological polar surface area (TPSA) is 17.0 Å². The van der Waals surface area contributed by atoms with Gasteiger partial charge in [-0.25, -0.2) is 0 Å². The van der Waals surface area contributed by atoms with Gasteiger partial charge in [0.2, 0.25) is 0 Å². The number of hydrogen-bond acceptors (Lipinski definition) is 1. The molecule has 0 bridgehead atoms. The third kappa shape index (κ3) is 3.65. The third-order valence-electron chi connectivity index (χ3n) is 3.43. The first-order valence-corrected chi connectivity index (χ1v) is 7.39. The van der Waals surface area contributed by atoms with Gasteiger partial charge in [-0.3, -0.25) is 0 Å². The van der Waals surface area contributed by atoms with Crippen LogP contribution in [-0.4, -0.2) is 11.1 Å². The van der Waals surface area contributed by atoms with E-state index >= 15 is 0 Å². The summed E-state index contributed by atoms with van der Waals surface area (Å²) in [7, 11) is 0. The van der Waals surface area contributed by atoms with Crippen molar-refractivity contribution in [3.8, 4) is 11.8 Å². The molecule has 2 nitrogen and oxygen atoms in total. The van der Waals surface area contributed by atoms with Gasteiger partial charge in [-0.15, -0.1) is 11.8 Å². The Morgan fingerprint density at radius 1 is 1.25 bits per heavy atom. The van der Waals surface area contributed by atoms with Gasteiger partial charge in [-0.1, -0.05) is 26.0 Å². The summed E-state index contributed by atoms with van der Waals surface area (Å²) in [6, 6.07) is 8.78. The molecule has 0 aliphatic heterocycles. The van der Waals surface area contributed by atoms with Gasteiger partial charge in [0.15, 0.2) is 0 Å². The Bertz CT molecular complexity index is 611. The molecule has 1 N–H and O–H groups in total. The van der Waals surface area contributed by atoms with Crippen LogP contribution < -0.4 is 5.32 Å². The minimum Gasteiger partial charge on any atom is -0.347 e. The second-order valence-corrected chi connectivity index (χ2v) is 5.56. The SMILES string of the molecule is CC#CCCn1ccc2c(CNCC(C)C)cccc21. The first-order chi connectivity index (χ1) is 9.72. The van der Waals surface area contributed by atoms with Gasteiger partial charge in [0, 0.05) is 36.6 Å². The van der Waals surface area contributed by atoms with Crippen LogP contribution in [0.3, 0.4) is 0 Å². The van der Waals surface area contributed by atoms with E-state index in [0.717, 1.165) is 26.1 Å². The van der Waals surface area contributed by atoms with E-state index in [4.69, 9.17) is 0 Å². The van der Waals surface area contributed by atoms with Crippen molar-refractivity contribution in [1.29, 1.82) is 0 Å². The van der Waals surface area contributed by atoms with Crippen molar-refractivity contribution in [1.82, 2.24) is 9.88 Å². The first kappa shape index (κ1) is 14.7. The average molecular weight is 268 g/mol. The molecule has 0 aliphatic carbocycles. The fourth-order valence-electron chi connectivity index (χ4n) is 2.43. The Morgan fingerprint density at radius 3 is 2.85 bits per heavy atom. The van der Waals surface area contributed by atoms with E-state index in [1.807, 2.05) is 6.92 Å². The van der Waals surface area contributed by atoms with Crippen LogP contribution in [0.15, 0.2) is 30.5 Å². The number of nitrogens with one attached hydrogen (secondary N) is 1. The molecule has 2 rings (SSSR count). The standard InChI is InChI=1S/C18H24N2/c1-4-5-6-11-20-12-10-17-16(8-7-9-18(17)20)14-19-13-15(2)3/h7-10,12,15,19H,6,11,13-14H2,1-3H3. The molecule has 0 saturated heterocycles. The average Bonchev–Trinajstić information content (AvgIpc) is 2.83. The lowest BCUT2D eigenvalue weighted by molar-refractivity contribution is 0.553. The molecule has 0 atom stereocenters. The second kappa shape index (κ2) is 7.17. The molecule has 0 amide bonds. The van der Waals surface area contributed by atoms with E-state index in [1.54, 1.807) is 0 Å². The minimum atomic E-state index is 0.686. The molecular weight excluding hydrogens is 244 g/mol. The molecule has 1 aromatic heterocycles. The van der Waals surface area contributed by atoms with Gasteiger partial charge in [-0.05, 0) is 37.1 Å². The maximum atomic E-state index is 3.52. The van der Waals surface area contributed by atoms with Crippen molar-refractivity contribution >= 4 is 10.9 Å². The highest BCUT2D eigenvalue weighted by Gasteiger charge is 2.05. The molecule has 0 fully saturated rings. The number of aromatic nitrogens is 1. The minimum absolute atomic E-state index is 0.686. The second-order valence-electron chi connectivity index (χ2n) is 5.56. The number of hydrogen-bond donors (Lipinski definition) is 1. The van der Waals surface area contributed by atoms with Gasteiger partial charge in [0.1, 0.15) is 0 Å². The molecule has 0 radical (unpaired) electrons. The van der Waals surface area contributed by atoms with Gasteiger partial charge in [0.25, 0.3) is 0 Å². The van der Waals surface area contributed by atoms with E-state index in [-0.39, 0.29) is 0 Å². The summed E-state index contributed by atoms with van der Waals surface area (Å²) >= 11 is 0. The van der Waals surface area contributed by atoms with Crippen LogP contribution in [0, 0.1) is 17.8 Å². The summed E-state index contributed by atoms with van der Waals surface area (Å²) in [6.07, 6.45) is 3.09. The van der Waals surface area contributed by atoms with Crippen LogP contribution in [0.1, 0.15) is 32.8 Å². The fraction of sp³-hybridized carbons (Fsp3) is 0.444. The van der Waals surface area contributed by atoms with Crippen LogP contribution in [-0.2, 0) is 13.1 Å². The zero-order chi connectivity index (χ0) is 14.4. The van der Waals surface area contributed by atoms with Crippen molar-refractivity contribution in [2.45, 2.75) is 40.3 Å². The molecule has 0 aliphatic rings. The van der Waals surface area contributed by atoms with E-state index in [9.17, 15) is 0 Å². The molecule has 1 aromatic carbocycles. The molecule has 0 spiro atoms. The Morgan fingerprint density at radius 2 is 2.10 bits per heavy atom. The van der Waals surface area contributed by atoms with Gasteiger partial charge >= 0.3 is 0 Å². The predicted octanol–water partition coefficient (Wildman–Crippen LogP) is 3.80. The quantitative estimate of drug-likeness (QED) is 0.789. The van der Waals surface area contributed by atoms with Crippen molar-refractivity contribution in [2.24, 2.45) is 5.92 Å². The summed E-state index contributed by atoms with van der Waals surface area (Å²) in [6.45, 7) is 9.33. The van der Waals surface area contributed by atoms with Gasteiger partial charge in [-0.2, -0.15) is 0 Å². The van der Waals surface area contributed by atoms with Crippen molar-refractivity contribution in [3.63, 3.8) is 0 Å². The van der Waals surface area contributed by atoms with E-state index < -0.39 is 0 Å². The zero-order valence-electron chi connectivity index (χ0n) is 12.7. The number of fused-ring (bicyclic) bond motifs is 1. The lowest BCUT2D eigenvalue weighted by Gasteiger charge is -2.09. The van der Waals surface area contributed by atoms with E-state index in [0.29, 0.717) is 5.92 Å². The molecule has 0 saturated carbocycles. The van der Waals surface area contributed by atoms with Gasteiger partial charge < -0.3 is 9.88 Å². The molecular formula is C18H24N2. The predicted molar refractivity (Wildman–Crippen MR) is 86.5 cm³/mol. The van der Waals surface area contributed by atoms with Crippen LogP contribution in [0.25, 0.3) is 10.9 Å². The Balaban J connectivity index is 2.13. The number of aryl methyl sites for hydroxylation is 1. The summed E-state index contributed by atoms with van der Waals surface area (Å²) in [4.78, 5) is 0. The van der Waals surface area contributed by atoms with Crippen LogP contribution in [0.4, 0.5) is 0 Å². The number of rotatable bonds is 6. The number of benzene rings is 1. The summed E-state index contributed by atoms with van der Waals surface area (Å²) < 4.78 is 2.30. The van der Waals surface area contributed by atoms with Crippen molar-refractivity contribution in [2.75, 3.05) is 6.54 Å². The number of nitrogens with zero attached hydrogens (tertiary/aromatic N) is 1. The van der Waals surface area contributed by atoms with Crippen LogP contribution in [0.2, 0.25) is 0 Å². The van der Waals surface area contributed by atoms with E-state index in [2.05, 4.69) is 66.0 Å². The summed E-state index contributed by atoms with van der Waals surface area (Å²) in [5.41, 5.74) is 2.69. The molecule has 20 heavy (non-hydrogen) atoms. The molecule has 2 heteroatoms. The molecule has 106 valence electrons. The maximum Gasteiger partial charge on any atom is 0.0483 e. The van der Waals surface area contributed by atoms with Crippen LogP contribution >= 0.6 is 0 Å². The van der Waals surface area contributed by atoms with E-state index in [1.165, 1.54) is 16.5 Å². The first-order valence-electron chi connectivity index (χ1n) is 7.39. The highest BCUT2D eigenvalue weighted by atomic mass is 14.9.